The molecule has 28 heavy (non-hydrogen) atoms. The fourth-order valence-electron chi connectivity index (χ4n) is 3.43. The minimum absolute atomic E-state index is 0.0737. The molecule has 2 aliphatic rings. The van der Waals surface area contributed by atoms with Crippen LogP contribution in [0.3, 0.4) is 0 Å². The Hall–Kier alpha value is -3.02. The van der Waals surface area contributed by atoms with E-state index < -0.39 is 0 Å². The van der Waals surface area contributed by atoms with E-state index in [0.717, 1.165) is 42.8 Å². The number of nitrogens with one attached hydrogen (secondary N) is 1. The Morgan fingerprint density at radius 1 is 1.07 bits per heavy atom. The van der Waals surface area contributed by atoms with E-state index >= 15 is 0 Å². The molecule has 1 fully saturated rings. The van der Waals surface area contributed by atoms with E-state index in [1.54, 1.807) is 31.4 Å². The van der Waals surface area contributed by atoms with Gasteiger partial charge >= 0.3 is 0 Å². The summed E-state index contributed by atoms with van der Waals surface area (Å²) < 4.78 is 10.6. The van der Waals surface area contributed by atoms with Crippen LogP contribution in [0.25, 0.3) is 0 Å². The summed E-state index contributed by atoms with van der Waals surface area (Å²) in [5, 5.41) is 2.87. The largest absolute Gasteiger partial charge is 0.497 e. The van der Waals surface area contributed by atoms with E-state index in [1.165, 1.54) is 5.56 Å². The molecule has 1 heterocycles. The number of methoxy groups -OCH3 is 1. The molecule has 0 bridgehead atoms. The second-order valence-electron chi connectivity index (χ2n) is 7.28. The Bertz CT molecular complexity index is 875. The topological polar surface area (TPSA) is 67.9 Å². The first-order valence-corrected chi connectivity index (χ1v) is 9.59. The molecule has 0 atom stereocenters. The van der Waals surface area contributed by atoms with Gasteiger partial charge in [0.25, 0.3) is 5.91 Å². The van der Waals surface area contributed by atoms with E-state index in [1.807, 2.05) is 23.1 Å². The molecule has 1 N–H and O–H groups in total. The van der Waals surface area contributed by atoms with Crippen molar-refractivity contribution in [2.45, 2.75) is 25.8 Å². The molecule has 2 aromatic rings. The zero-order valence-corrected chi connectivity index (χ0v) is 15.9. The number of fused-ring (bicyclic) bond motifs is 1. The van der Waals surface area contributed by atoms with Gasteiger partial charge in [-0.05, 0) is 66.8 Å². The molecule has 146 valence electrons. The zero-order chi connectivity index (χ0) is 19.5. The summed E-state index contributed by atoms with van der Waals surface area (Å²) in [5.74, 6) is 1.63. The van der Waals surface area contributed by atoms with Gasteiger partial charge in [-0.25, -0.2) is 0 Å². The number of amides is 2. The monoisotopic (exact) mass is 380 g/mol. The third kappa shape index (κ3) is 4.27. The van der Waals surface area contributed by atoms with Crippen LogP contribution in [0.15, 0.2) is 42.5 Å². The fourth-order valence-corrected chi connectivity index (χ4v) is 3.43. The first-order chi connectivity index (χ1) is 13.6. The standard InChI is InChI=1S/C22H24N2O4/c1-27-19-6-8-20(9-7-19)28-14-21(25)23-18-5-4-15-10-11-24(13-17(15)12-18)22(26)16-2-3-16/h4-9,12,16H,2-3,10-11,13-14H2,1H3,(H,23,25). The predicted molar refractivity (Wildman–Crippen MR) is 105 cm³/mol. The highest BCUT2D eigenvalue weighted by atomic mass is 16.5. The molecular weight excluding hydrogens is 356 g/mol. The highest BCUT2D eigenvalue weighted by Gasteiger charge is 2.34. The molecule has 0 aromatic heterocycles. The predicted octanol–water partition coefficient (Wildman–Crippen LogP) is 3.01. The molecule has 0 radical (unpaired) electrons. The summed E-state index contributed by atoms with van der Waals surface area (Å²) in [4.78, 5) is 26.5. The van der Waals surface area contributed by atoms with E-state index in [2.05, 4.69) is 5.32 Å². The van der Waals surface area contributed by atoms with Crippen molar-refractivity contribution in [1.82, 2.24) is 4.90 Å². The van der Waals surface area contributed by atoms with Gasteiger partial charge in [0.15, 0.2) is 6.61 Å². The van der Waals surface area contributed by atoms with E-state index in [0.29, 0.717) is 12.3 Å². The van der Waals surface area contributed by atoms with Gasteiger partial charge in [-0.15, -0.1) is 0 Å². The summed E-state index contributed by atoms with van der Waals surface area (Å²) >= 11 is 0. The van der Waals surface area contributed by atoms with Crippen LogP contribution in [-0.4, -0.2) is 37.0 Å². The first-order valence-electron chi connectivity index (χ1n) is 9.59. The number of benzene rings is 2. The summed E-state index contributed by atoms with van der Waals surface area (Å²) in [5.41, 5.74) is 3.07. The normalized spacial score (nSPS) is 15.5. The lowest BCUT2D eigenvalue weighted by Gasteiger charge is -2.29. The van der Waals surface area contributed by atoms with Crippen molar-refractivity contribution >= 4 is 17.5 Å². The maximum absolute atomic E-state index is 12.3. The van der Waals surface area contributed by atoms with Crippen LogP contribution >= 0.6 is 0 Å². The minimum Gasteiger partial charge on any atom is -0.497 e. The number of anilines is 1. The number of hydrogen-bond acceptors (Lipinski definition) is 4. The number of ether oxygens (including phenoxy) is 2. The van der Waals surface area contributed by atoms with Crippen molar-refractivity contribution in [2.75, 3.05) is 25.6 Å². The number of hydrogen-bond donors (Lipinski definition) is 1. The summed E-state index contributed by atoms with van der Waals surface area (Å²) in [6.45, 7) is 1.33. The van der Waals surface area contributed by atoms with Gasteiger partial charge in [0.1, 0.15) is 11.5 Å². The third-order valence-electron chi connectivity index (χ3n) is 5.17. The number of rotatable bonds is 6. The van der Waals surface area contributed by atoms with Crippen LogP contribution < -0.4 is 14.8 Å². The second-order valence-corrected chi connectivity index (χ2v) is 7.28. The molecule has 0 unspecified atom stereocenters. The van der Waals surface area contributed by atoms with E-state index in [4.69, 9.17) is 9.47 Å². The minimum atomic E-state index is -0.225. The van der Waals surface area contributed by atoms with Crippen molar-refractivity contribution in [2.24, 2.45) is 5.92 Å². The summed E-state index contributed by atoms with van der Waals surface area (Å²) in [7, 11) is 1.60. The maximum atomic E-state index is 12.3. The molecule has 2 amide bonds. The van der Waals surface area contributed by atoms with Gasteiger partial charge in [0.2, 0.25) is 5.91 Å². The Kier molecular flexibility index (Phi) is 5.19. The van der Waals surface area contributed by atoms with Gasteiger partial charge in [0, 0.05) is 24.7 Å². The molecule has 1 aliphatic carbocycles. The molecule has 1 saturated carbocycles. The third-order valence-corrected chi connectivity index (χ3v) is 5.17. The molecule has 6 nitrogen and oxygen atoms in total. The van der Waals surface area contributed by atoms with E-state index in [-0.39, 0.29) is 24.3 Å². The van der Waals surface area contributed by atoms with Crippen molar-refractivity contribution in [1.29, 1.82) is 0 Å². The van der Waals surface area contributed by atoms with Crippen LogP contribution in [-0.2, 0) is 22.6 Å². The highest BCUT2D eigenvalue weighted by Crippen LogP contribution is 2.33. The Morgan fingerprint density at radius 3 is 2.54 bits per heavy atom. The van der Waals surface area contributed by atoms with Crippen molar-refractivity contribution in [3.8, 4) is 11.5 Å². The van der Waals surface area contributed by atoms with Crippen LogP contribution in [0.5, 0.6) is 11.5 Å². The average Bonchev–Trinajstić information content (AvgIpc) is 3.57. The number of carbonyl (C=O) groups is 2. The van der Waals surface area contributed by atoms with Gasteiger partial charge in [-0.2, -0.15) is 0 Å². The Morgan fingerprint density at radius 2 is 1.82 bits per heavy atom. The Labute approximate surface area is 164 Å². The first kappa shape index (κ1) is 18.3. The van der Waals surface area contributed by atoms with Gasteiger partial charge in [-0.3, -0.25) is 9.59 Å². The van der Waals surface area contributed by atoms with Crippen LogP contribution in [0.1, 0.15) is 24.0 Å². The van der Waals surface area contributed by atoms with Crippen molar-refractivity contribution in [3.05, 3.63) is 53.6 Å². The lowest BCUT2D eigenvalue weighted by Crippen LogP contribution is -2.36. The number of carbonyl (C=O) groups excluding carboxylic acids is 2. The van der Waals surface area contributed by atoms with Crippen molar-refractivity contribution < 1.29 is 19.1 Å². The van der Waals surface area contributed by atoms with Gasteiger partial charge in [0.05, 0.1) is 7.11 Å². The molecule has 0 saturated heterocycles. The second kappa shape index (κ2) is 7.92. The Balaban J connectivity index is 1.33. The smallest absolute Gasteiger partial charge is 0.262 e. The lowest BCUT2D eigenvalue weighted by molar-refractivity contribution is -0.133. The average molecular weight is 380 g/mol. The molecule has 2 aromatic carbocycles. The van der Waals surface area contributed by atoms with Gasteiger partial charge in [-0.1, -0.05) is 6.07 Å². The fraction of sp³-hybridized carbons (Fsp3) is 0.364. The summed E-state index contributed by atoms with van der Waals surface area (Å²) in [6.07, 6.45) is 2.90. The zero-order valence-electron chi connectivity index (χ0n) is 15.9. The molecular formula is C22H24N2O4. The highest BCUT2D eigenvalue weighted by molar-refractivity contribution is 5.92. The van der Waals surface area contributed by atoms with Crippen LogP contribution in [0, 0.1) is 5.92 Å². The molecule has 6 heteroatoms. The summed E-state index contributed by atoms with van der Waals surface area (Å²) in [6, 6.07) is 13.0. The van der Waals surface area contributed by atoms with Gasteiger partial charge < -0.3 is 19.7 Å². The number of nitrogens with zero attached hydrogens (tertiary/aromatic N) is 1. The van der Waals surface area contributed by atoms with E-state index in [9.17, 15) is 9.59 Å². The SMILES string of the molecule is COc1ccc(OCC(=O)Nc2ccc3c(c2)CN(C(=O)C2CC2)CC3)cc1. The molecule has 1 aliphatic heterocycles. The van der Waals surface area contributed by atoms with Crippen LogP contribution in [0.4, 0.5) is 5.69 Å². The van der Waals surface area contributed by atoms with Crippen LogP contribution in [0.2, 0.25) is 0 Å². The molecule has 4 rings (SSSR count). The van der Waals surface area contributed by atoms with Crippen molar-refractivity contribution in [3.63, 3.8) is 0 Å². The quantitative estimate of drug-likeness (QED) is 0.837. The molecule has 0 spiro atoms. The maximum Gasteiger partial charge on any atom is 0.262 e. The lowest BCUT2D eigenvalue weighted by atomic mass is 9.98.